The maximum Gasteiger partial charge on any atom is 0.321 e. The van der Waals surface area contributed by atoms with Gasteiger partial charge in [0.1, 0.15) is 6.04 Å². The van der Waals surface area contributed by atoms with Crippen LogP contribution in [0.4, 0.5) is 0 Å². The number of thioether (sulfide) groups is 1. The van der Waals surface area contributed by atoms with Gasteiger partial charge in [0.15, 0.2) is 0 Å². The maximum atomic E-state index is 12.1. The quantitative estimate of drug-likeness (QED) is 0.782. The Kier molecular flexibility index (Phi) is 6.60. The van der Waals surface area contributed by atoms with Gasteiger partial charge in [0.2, 0.25) is 10.0 Å². The minimum atomic E-state index is -3.99. The van der Waals surface area contributed by atoms with Crippen molar-refractivity contribution in [1.82, 2.24) is 4.72 Å². The van der Waals surface area contributed by atoms with Gasteiger partial charge in [0.05, 0.1) is 4.90 Å². The average Bonchev–Trinajstić information content (AvgIpc) is 2.32. The molecule has 0 heterocycles. The molecule has 0 spiro atoms. The third-order valence-electron chi connectivity index (χ3n) is 2.35. The number of hydrogen-bond donors (Lipinski definition) is 2. The molecule has 112 valence electrons. The van der Waals surface area contributed by atoms with Crippen LogP contribution in [-0.4, -0.2) is 37.5 Å². The molecule has 0 bridgehead atoms. The molecule has 0 aliphatic heterocycles. The summed E-state index contributed by atoms with van der Waals surface area (Å²) in [5.41, 5.74) is 0. The number of carboxylic acids is 1. The smallest absolute Gasteiger partial charge is 0.321 e. The molecule has 1 atom stereocenters. The number of halogens is 2. The SMILES string of the molecule is CSCCC(NS(=O)(=O)c1cc(Cl)cc(Cl)c1)C(=O)O. The molecular weight excluding hydrogens is 345 g/mol. The van der Waals surface area contributed by atoms with E-state index in [0.717, 1.165) is 0 Å². The fourth-order valence-electron chi connectivity index (χ4n) is 1.41. The summed E-state index contributed by atoms with van der Waals surface area (Å²) >= 11 is 12.9. The lowest BCUT2D eigenvalue weighted by atomic mass is 10.2. The van der Waals surface area contributed by atoms with Crippen LogP contribution in [0.1, 0.15) is 6.42 Å². The van der Waals surface area contributed by atoms with Gasteiger partial charge in [-0.25, -0.2) is 8.42 Å². The third kappa shape index (κ3) is 5.14. The zero-order valence-corrected chi connectivity index (χ0v) is 13.6. The van der Waals surface area contributed by atoms with Crippen LogP contribution in [0.15, 0.2) is 23.1 Å². The van der Waals surface area contributed by atoms with E-state index in [0.29, 0.717) is 5.75 Å². The van der Waals surface area contributed by atoms with E-state index in [4.69, 9.17) is 28.3 Å². The van der Waals surface area contributed by atoms with E-state index in [1.165, 1.54) is 30.0 Å². The Morgan fingerprint density at radius 2 is 1.90 bits per heavy atom. The molecule has 0 radical (unpaired) electrons. The van der Waals surface area contributed by atoms with Crippen molar-refractivity contribution in [2.24, 2.45) is 0 Å². The molecule has 0 saturated carbocycles. The molecule has 0 aliphatic carbocycles. The fourth-order valence-corrected chi connectivity index (χ4v) is 3.83. The molecule has 0 aliphatic rings. The summed E-state index contributed by atoms with van der Waals surface area (Å²) in [5.74, 6) is -0.703. The van der Waals surface area contributed by atoms with E-state index in [1.807, 2.05) is 6.26 Å². The summed E-state index contributed by atoms with van der Waals surface area (Å²) in [5, 5.41) is 9.35. The zero-order valence-electron chi connectivity index (χ0n) is 10.5. The summed E-state index contributed by atoms with van der Waals surface area (Å²) in [4.78, 5) is 10.9. The first-order valence-corrected chi connectivity index (χ1v) is 9.09. The van der Waals surface area contributed by atoms with Crippen molar-refractivity contribution in [3.05, 3.63) is 28.2 Å². The van der Waals surface area contributed by atoms with Crippen molar-refractivity contribution in [3.8, 4) is 0 Å². The van der Waals surface area contributed by atoms with Crippen LogP contribution in [0.3, 0.4) is 0 Å². The van der Waals surface area contributed by atoms with Gasteiger partial charge in [-0.2, -0.15) is 16.5 Å². The number of nitrogens with one attached hydrogen (secondary N) is 1. The second kappa shape index (κ2) is 7.51. The van der Waals surface area contributed by atoms with Gasteiger partial charge in [-0.05, 0) is 36.6 Å². The summed E-state index contributed by atoms with van der Waals surface area (Å²) < 4.78 is 26.4. The molecule has 1 rings (SSSR count). The van der Waals surface area contributed by atoms with Gasteiger partial charge < -0.3 is 5.11 Å². The number of hydrogen-bond acceptors (Lipinski definition) is 4. The number of rotatable bonds is 7. The van der Waals surface area contributed by atoms with Gasteiger partial charge in [0.25, 0.3) is 0 Å². The highest BCUT2D eigenvalue weighted by Crippen LogP contribution is 2.22. The summed E-state index contributed by atoms with van der Waals surface area (Å²) in [6, 6.07) is 2.63. The molecule has 1 aromatic carbocycles. The minimum Gasteiger partial charge on any atom is -0.480 e. The summed E-state index contributed by atoms with van der Waals surface area (Å²) in [6.07, 6.45) is 1.99. The second-order valence-electron chi connectivity index (χ2n) is 3.90. The van der Waals surface area contributed by atoms with Gasteiger partial charge in [-0.15, -0.1) is 0 Å². The standard InChI is InChI=1S/C11H13Cl2NO4S2/c1-19-3-2-10(11(15)16)14-20(17,18)9-5-7(12)4-8(13)6-9/h4-6,10,14H,2-3H2,1H3,(H,15,16). The van der Waals surface area contributed by atoms with Crippen molar-refractivity contribution in [2.45, 2.75) is 17.4 Å². The summed E-state index contributed by atoms with van der Waals surface area (Å²) in [7, 11) is -3.99. The molecule has 0 aromatic heterocycles. The van der Waals surface area contributed by atoms with Gasteiger partial charge in [0, 0.05) is 10.0 Å². The van der Waals surface area contributed by atoms with Gasteiger partial charge in [-0.3, -0.25) is 4.79 Å². The lowest BCUT2D eigenvalue weighted by Crippen LogP contribution is -2.41. The Bertz CT molecular complexity index is 572. The van der Waals surface area contributed by atoms with Crippen LogP contribution in [0.5, 0.6) is 0 Å². The molecule has 5 nitrogen and oxygen atoms in total. The van der Waals surface area contributed by atoms with E-state index in [2.05, 4.69) is 4.72 Å². The predicted octanol–water partition coefficient (Wildman–Crippen LogP) is 2.48. The van der Waals surface area contributed by atoms with Crippen molar-refractivity contribution in [3.63, 3.8) is 0 Å². The number of carbonyl (C=O) groups is 1. The van der Waals surface area contributed by atoms with Crippen LogP contribution in [0.25, 0.3) is 0 Å². The van der Waals surface area contributed by atoms with Crippen molar-refractivity contribution < 1.29 is 18.3 Å². The normalized spacial score (nSPS) is 13.2. The van der Waals surface area contributed by atoms with Crippen LogP contribution >= 0.6 is 35.0 Å². The van der Waals surface area contributed by atoms with E-state index in [-0.39, 0.29) is 21.4 Å². The summed E-state index contributed by atoms with van der Waals surface area (Å²) in [6.45, 7) is 0. The largest absolute Gasteiger partial charge is 0.480 e. The Morgan fingerprint density at radius 3 is 2.35 bits per heavy atom. The topological polar surface area (TPSA) is 83.5 Å². The molecule has 1 unspecified atom stereocenters. The Morgan fingerprint density at radius 1 is 1.35 bits per heavy atom. The average molecular weight is 358 g/mol. The lowest BCUT2D eigenvalue weighted by Gasteiger charge is -2.14. The molecule has 0 saturated heterocycles. The zero-order chi connectivity index (χ0) is 15.3. The lowest BCUT2D eigenvalue weighted by molar-refractivity contribution is -0.139. The Hall–Kier alpha value is -0.470. The van der Waals surface area contributed by atoms with Gasteiger partial charge in [-0.1, -0.05) is 23.2 Å². The van der Waals surface area contributed by atoms with Crippen molar-refractivity contribution >= 4 is 51.0 Å². The van der Waals surface area contributed by atoms with E-state index in [9.17, 15) is 13.2 Å². The van der Waals surface area contributed by atoms with Gasteiger partial charge >= 0.3 is 5.97 Å². The number of carboxylic acid groups (broad SMARTS) is 1. The first-order chi connectivity index (χ1) is 9.26. The van der Waals surface area contributed by atoms with Crippen molar-refractivity contribution in [1.29, 1.82) is 0 Å². The Labute approximate surface area is 131 Å². The van der Waals surface area contributed by atoms with Crippen LogP contribution in [-0.2, 0) is 14.8 Å². The predicted molar refractivity (Wildman–Crippen MR) is 81.2 cm³/mol. The Balaban J connectivity index is 3.00. The fraction of sp³-hybridized carbons (Fsp3) is 0.364. The second-order valence-corrected chi connectivity index (χ2v) is 7.47. The molecule has 20 heavy (non-hydrogen) atoms. The molecule has 0 fully saturated rings. The van der Waals surface area contributed by atoms with E-state index < -0.39 is 22.0 Å². The van der Waals surface area contributed by atoms with Crippen LogP contribution < -0.4 is 4.72 Å². The molecule has 9 heteroatoms. The molecular formula is C11H13Cl2NO4S2. The first kappa shape index (κ1) is 17.6. The number of benzene rings is 1. The van der Waals surface area contributed by atoms with Crippen LogP contribution in [0, 0.1) is 0 Å². The first-order valence-electron chi connectivity index (χ1n) is 5.46. The molecule has 0 amide bonds. The maximum absolute atomic E-state index is 12.1. The minimum absolute atomic E-state index is 0.161. The highest BCUT2D eigenvalue weighted by atomic mass is 35.5. The van der Waals surface area contributed by atoms with Crippen LogP contribution in [0.2, 0.25) is 10.0 Å². The van der Waals surface area contributed by atoms with E-state index >= 15 is 0 Å². The highest BCUT2D eigenvalue weighted by Gasteiger charge is 2.25. The number of sulfonamides is 1. The molecule has 2 N–H and O–H groups in total. The number of aliphatic carboxylic acids is 1. The van der Waals surface area contributed by atoms with E-state index in [1.54, 1.807) is 0 Å². The third-order valence-corrected chi connectivity index (χ3v) is 4.88. The highest BCUT2D eigenvalue weighted by molar-refractivity contribution is 7.98. The van der Waals surface area contributed by atoms with Crippen molar-refractivity contribution in [2.75, 3.05) is 12.0 Å². The monoisotopic (exact) mass is 357 g/mol. The molecule has 1 aromatic rings.